The summed E-state index contributed by atoms with van der Waals surface area (Å²) in [5, 5.41) is 11.2. The van der Waals surface area contributed by atoms with Crippen LogP contribution in [0.5, 0.6) is 5.75 Å². The highest BCUT2D eigenvalue weighted by Crippen LogP contribution is 2.24. The molecule has 0 N–H and O–H groups in total. The van der Waals surface area contributed by atoms with Crippen LogP contribution in [-0.2, 0) is 4.79 Å². The van der Waals surface area contributed by atoms with Crippen LogP contribution in [0, 0.1) is 5.82 Å². The number of rotatable bonds is 5. The minimum Gasteiger partial charge on any atom is -0.481 e. The van der Waals surface area contributed by atoms with Crippen molar-refractivity contribution < 1.29 is 13.9 Å². The molecule has 1 saturated heterocycles. The molecule has 1 unspecified atom stereocenters. The number of benzene rings is 3. The molecule has 6 nitrogen and oxygen atoms in total. The number of aromatic nitrogens is 2. The maximum atomic E-state index is 13.4. The smallest absolute Gasteiger partial charge is 0.263 e. The van der Waals surface area contributed by atoms with Gasteiger partial charge in [-0.2, -0.15) is 0 Å². The molecule has 34 heavy (non-hydrogen) atoms. The molecule has 4 aromatic rings. The van der Waals surface area contributed by atoms with Crippen molar-refractivity contribution in [1.82, 2.24) is 15.1 Å². The highest BCUT2D eigenvalue weighted by molar-refractivity contribution is 5.86. The largest absolute Gasteiger partial charge is 0.481 e. The third kappa shape index (κ3) is 4.69. The molecule has 0 aliphatic carbocycles. The zero-order valence-electron chi connectivity index (χ0n) is 18.9. The number of nitrogens with zero attached hydrogens (tertiary/aromatic N) is 4. The number of halogens is 1. The molecular formula is C27H25FN4O2. The topological polar surface area (TPSA) is 58.6 Å². The van der Waals surface area contributed by atoms with Crippen LogP contribution < -0.4 is 9.64 Å². The molecule has 0 spiro atoms. The van der Waals surface area contributed by atoms with Gasteiger partial charge in [-0.15, -0.1) is 10.2 Å². The van der Waals surface area contributed by atoms with Gasteiger partial charge in [0, 0.05) is 37.8 Å². The van der Waals surface area contributed by atoms with Crippen molar-refractivity contribution in [2.24, 2.45) is 0 Å². The predicted molar refractivity (Wildman–Crippen MR) is 130 cm³/mol. The van der Waals surface area contributed by atoms with E-state index >= 15 is 0 Å². The van der Waals surface area contributed by atoms with E-state index in [0.717, 1.165) is 17.1 Å². The highest BCUT2D eigenvalue weighted by atomic mass is 19.1. The lowest BCUT2D eigenvalue weighted by molar-refractivity contribution is -0.138. The number of carbonyl (C=O) groups is 1. The predicted octanol–water partition coefficient (Wildman–Crippen LogP) is 4.55. The summed E-state index contributed by atoms with van der Waals surface area (Å²) < 4.78 is 19.0. The first-order valence-corrected chi connectivity index (χ1v) is 11.4. The average Bonchev–Trinajstić information content (AvgIpc) is 2.88. The molecule has 0 saturated carbocycles. The Kier molecular flexibility index (Phi) is 6.08. The Hall–Kier alpha value is -4.00. The number of piperazine rings is 1. The summed E-state index contributed by atoms with van der Waals surface area (Å²) in [5.74, 6) is 0.641. The van der Waals surface area contributed by atoms with Gasteiger partial charge in [-0.05, 0) is 48.0 Å². The van der Waals surface area contributed by atoms with Crippen LogP contribution in [0.2, 0.25) is 0 Å². The van der Waals surface area contributed by atoms with Gasteiger partial charge in [0.15, 0.2) is 11.9 Å². The molecule has 1 aliphatic heterocycles. The van der Waals surface area contributed by atoms with Gasteiger partial charge in [0.25, 0.3) is 5.91 Å². The Labute approximate surface area is 197 Å². The normalized spacial score (nSPS) is 14.8. The fraction of sp³-hybridized carbons (Fsp3) is 0.222. The minimum atomic E-state index is -0.686. The van der Waals surface area contributed by atoms with Crippen LogP contribution in [0.25, 0.3) is 22.0 Å². The van der Waals surface area contributed by atoms with Crippen LogP contribution in [0.4, 0.5) is 10.2 Å². The van der Waals surface area contributed by atoms with E-state index in [0.29, 0.717) is 31.9 Å². The lowest BCUT2D eigenvalue weighted by Crippen LogP contribution is -2.52. The first-order valence-electron chi connectivity index (χ1n) is 11.4. The SMILES string of the molecule is CC(Oc1cccc(F)c1)C(=O)N1CCN(c2ccc(-c3ccc4ccccc4c3)nn2)CC1. The number of amides is 1. The fourth-order valence-electron chi connectivity index (χ4n) is 4.20. The van der Waals surface area contributed by atoms with Crippen molar-refractivity contribution in [3.8, 4) is 17.0 Å². The van der Waals surface area contributed by atoms with Crippen LogP contribution in [-0.4, -0.2) is 53.3 Å². The summed E-state index contributed by atoms with van der Waals surface area (Å²) in [4.78, 5) is 16.7. The Morgan fingerprint density at radius 1 is 0.882 bits per heavy atom. The van der Waals surface area contributed by atoms with Crippen molar-refractivity contribution >= 4 is 22.5 Å². The van der Waals surface area contributed by atoms with E-state index in [9.17, 15) is 9.18 Å². The monoisotopic (exact) mass is 456 g/mol. The molecule has 1 atom stereocenters. The van der Waals surface area contributed by atoms with Crippen molar-refractivity contribution in [3.05, 3.63) is 84.7 Å². The van der Waals surface area contributed by atoms with Gasteiger partial charge < -0.3 is 14.5 Å². The number of hydrogen-bond acceptors (Lipinski definition) is 5. The van der Waals surface area contributed by atoms with Crippen molar-refractivity contribution in [3.63, 3.8) is 0 Å². The summed E-state index contributed by atoms with van der Waals surface area (Å²) in [6.07, 6.45) is -0.686. The minimum absolute atomic E-state index is 0.110. The maximum absolute atomic E-state index is 13.4. The van der Waals surface area contributed by atoms with E-state index in [-0.39, 0.29) is 5.91 Å². The molecule has 0 bridgehead atoms. The van der Waals surface area contributed by atoms with E-state index in [4.69, 9.17) is 4.74 Å². The van der Waals surface area contributed by atoms with Crippen molar-refractivity contribution in [2.45, 2.75) is 13.0 Å². The zero-order valence-corrected chi connectivity index (χ0v) is 18.9. The van der Waals surface area contributed by atoms with Gasteiger partial charge in [0.05, 0.1) is 5.69 Å². The van der Waals surface area contributed by atoms with Gasteiger partial charge in [0.1, 0.15) is 11.6 Å². The van der Waals surface area contributed by atoms with E-state index in [1.165, 1.54) is 22.9 Å². The Morgan fingerprint density at radius 2 is 1.68 bits per heavy atom. The molecule has 1 fully saturated rings. The number of hydrogen-bond donors (Lipinski definition) is 0. The third-order valence-electron chi connectivity index (χ3n) is 6.07. The maximum Gasteiger partial charge on any atom is 0.263 e. The van der Waals surface area contributed by atoms with Crippen LogP contribution in [0.1, 0.15) is 6.92 Å². The van der Waals surface area contributed by atoms with Gasteiger partial charge in [-0.1, -0.05) is 42.5 Å². The van der Waals surface area contributed by atoms with E-state index in [2.05, 4.69) is 45.4 Å². The molecule has 1 amide bonds. The first kappa shape index (κ1) is 21.8. The average molecular weight is 457 g/mol. The van der Waals surface area contributed by atoms with E-state index in [1.807, 2.05) is 24.3 Å². The first-order chi connectivity index (χ1) is 16.6. The number of carbonyl (C=O) groups excluding carboxylic acids is 1. The molecule has 5 rings (SSSR count). The molecule has 1 aliphatic rings. The Bertz CT molecular complexity index is 1300. The summed E-state index contributed by atoms with van der Waals surface area (Å²) in [6.45, 7) is 4.12. The van der Waals surface area contributed by atoms with Gasteiger partial charge in [-0.25, -0.2) is 4.39 Å². The highest BCUT2D eigenvalue weighted by Gasteiger charge is 2.26. The lowest BCUT2D eigenvalue weighted by atomic mass is 10.1. The van der Waals surface area contributed by atoms with E-state index in [1.54, 1.807) is 24.0 Å². The van der Waals surface area contributed by atoms with Gasteiger partial charge >= 0.3 is 0 Å². The number of ether oxygens (including phenoxy) is 1. The van der Waals surface area contributed by atoms with Crippen molar-refractivity contribution in [2.75, 3.05) is 31.1 Å². The summed E-state index contributed by atoms with van der Waals surface area (Å²) in [7, 11) is 0. The molecule has 0 radical (unpaired) electrons. The third-order valence-corrected chi connectivity index (χ3v) is 6.07. The van der Waals surface area contributed by atoms with Crippen LogP contribution >= 0.6 is 0 Å². The summed E-state index contributed by atoms with van der Waals surface area (Å²) in [6, 6.07) is 24.3. The standard InChI is InChI=1S/C27H25FN4O2/c1-19(34-24-8-4-7-23(28)18-24)27(33)32-15-13-31(14-16-32)26-12-11-25(29-30-26)22-10-9-20-5-2-3-6-21(20)17-22/h2-12,17-19H,13-16H2,1H3. The molecular weight excluding hydrogens is 431 g/mol. The summed E-state index contributed by atoms with van der Waals surface area (Å²) >= 11 is 0. The lowest BCUT2D eigenvalue weighted by Gasteiger charge is -2.36. The van der Waals surface area contributed by atoms with Gasteiger partial charge in [0.2, 0.25) is 0 Å². The molecule has 3 aromatic carbocycles. The van der Waals surface area contributed by atoms with Crippen LogP contribution in [0.3, 0.4) is 0 Å². The number of fused-ring (bicyclic) bond motifs is 1. The van der Waals surface area contributed by atoms with Crippen molar-refractivity contribution in [1.29, 1.82) is 0 Å². The molecule has 7 heteroatoms. The Morgan fingerprint density at radius 3 is 2.41 bits per heavy atom. The quantitative estimate of drug-likeness (QED) is 0.441. The second-order valence-electron chi connectivity index (χ2n) is 8.37. The zero-order chi connectivity index (χ0) is 23.5. The molecule has 2 heterocycles. The molecule has 1 aromatic heterocycles. The summed E-state index contributed by atoms with van der Waals surface area (Å²) in [5.41, 5.74) is 1.85. The van der Waals surface area contributed by atoms with E-state index < -0.39 is 11.9 Å². The Balaban J connectivity index is 1.19. The van der Waals surface area contributed by atoms with Crippen LogP contribution in [0.15, 0.2) is 78.9 Å². The van der Waals surface area contributed by atoms with Gasteiger partial charge in [-0.3, -0.25) is 4.79 Å². The second kappa shape index (κ2) is 9.47. The fourth-order valence-corrected chi connectivity index (χ4v) is 4.20. The second-order valence-corrected chi connectivity index (χ2v) is 8.37. The molecule has 172 valence electrons. The number of anilines is 1.